The number of allylic oxidation sites excluding steroid dienone is 1. The Balaban J connectivity index is 2.96. The molecule has 1 heteroatoms. The summed E-state index contributed by atoms with van der Waals surface area (Å²) in [5.41, 5.74) is 0. The first-order chi connectivity index (χ1) is 5.41. The van der Waals surface area contributed by atoms with Crippen molar-refractivity contribution in [3.05, 3.63) is 12.7 Å². The van der Waals surface area contributed by atoms with Gasteiger partial charge in [-0.15, -0.1) is 0 Å². The first-order valence-electron chi connectivity index (χ1n) is 4.12. The zero-order chi connectivity index (χ0) is 8.36. The Morgan fingerprint density at radius 2 is 1.91 bits per heavy atom. The quantitative estimate of drug-likeness (QED) is 0.472. The second kappa shape index (κ2) is 9.26. The number of hydrogen-bond donors (Lipinski definition) is 1. The van der Waals surface area contributed by atoms with E-state index >= 15 is 0 Å². The summed E-state index contributed by atoms with van der Waals surface area (Å²) in [6.45, 7) is 3.82. The second-order valence-electron chi connectivity index (χ2n) is 2.41. The third-order valence-corrected chi connectivity index (χ3v) is 1.41. The van der Waals surface area contributed by atoms with Crippen LogP contribution >= 0.6 is 0 Å². The lowest BCUT2D eigenvalue weighted by molar-refractivity contribution is 0.282. The summed E-state index contributed by atoms with van der Waals surface area (Å²) in [7, 11) is 0. The number of aliphatic hydroxyl groups is 1. The molecule has 0 atom stereocenters. The largest absolute Gasteiger partial charge is 0.396 e. The van der Waals surface area contributed by atoms with Gasteiger partial charge >= 0.3 is 0 Å². The maximum atomic E-state index is 8.47. The molecule has 0 heterocycles. The third-order valence-electron chi connectivity index (χ3n) is 1.41. The molecule has 0 aliphatic carbocycles. The van der Waals surface area contributed by atoms with Gasteiger partial charge in [0.2, 0.25) is 0 Å². The van der Waals surface area contributed by atoms with Crippen LogP contribution in [0.4, 0.5) is 0 Å². The van der Waals surface area contributed by atoms with Crippen molar-refractivity contribution in [2.24, 2.45) is 0 Å². The highest BCUT2D eigenvalue weighted by molar-refractivity contribution is 5.11. The zero-order valence-electron chi connectivity index (χ0n) is 6.97. The monoisotopic (exact) mass is 152 g/mol. The molecule has 0 fully saturated rings. The van der Waals surface area contributed by atoms with Gasteiger partial charge in [0, 0.05) is 13.0 Å². The highest BCUT2D eigenvalue weighted by Crippen LogP contribution is 2.00. The lowest BCUT2D eigenvalue weighted by Gasteiger charge is -1.93. The number of rotatable bonds is 5. The van der Waals surface area contributed by atoms with Crippen molar-refractivity contribution in [2.45, 2.75) is 32.1 Å². The van der Waals surface area contributed by atoms with E-state index in [1.165, 1.54) is 6.42 Å². The van der Waals surface area contributed by atoms with E-state index < -0.39 is 0 Å². The lowest BCUT2D eigenvalue weighted by Crippen LogP contribution is -1.82. The summed E-state index contributed by atoms with van der Waals surface area (Å²) in [5.74, 6) is 5.79. The molecule has 0 saturated heterocycles. The fourth-order valence-electron chi connectivity index (χ4n) is 0.823. The van der Waals surface area contributed by atoms with E-state index in [0.29, 0.717) is 6.61 Å². The van der Waals surface area contributed by atoms with E-state index in [0.717, 1.165) is 25.7 Å². The van der Waals surface area contributed by atoms with Crippen LogP contribution in [0.3, 0.4) is 0 Å². The summed E-state index contributed by atoms with van der Waals surface area (Å²) in [5, 5.41) is 8.47. The topological polar surface area (TPSA) is 20.2 Å². The molecule has 0 amide bonds. The van der Waals surface area contributed by atoms with Gasteiger partial charge in [-0.1, -0.05) is 31.3 Å². The number of unbranched alkanes of at least 4 members (excludes halogenated alkanes) is 4. The summed E-state index contributed by atoms with van der Waals surface area (Å²) in [4.78, 5) is 0. The minimum absolute atomic E-state index is 0.318. The average Bonchev–Trinajstić information content (AvgIpc) is 2.03. The smallest absolute Gasteiger partial charge is 0.0431 e. The Hall–Kier alpha value is -0.740. The Morgan fingerprint density at radius 1 is 1.18 bits per heavy atom. The van der Waals surface area contributed by atoms with Gasteiger partial charge in [-0.2, -0.15) is 0 Å². The minimum Gasteiger partial charge on any atom is -0.396 e. The van der Waals surface area contributed by atoms with E-state index in [1.807, 2.05) is 0 Å². The van der Waals surface area contributed by atoms with Gasteiger partial charge in [0.1, 0.15) is 0 Å². The van der Waals surface area contributed by atoms with Crippen LogP contribution in [-0.4, -0.2) is 11.7 Å². The number of aliphatic hydroxyl groups excluding tert-OH is 1. The predicted octanol–water partition coefficient (Wildman–Crippen LogP) is 2.12. The SMILES string of the molecule is C=CC#CCCCCCCO. The fourth-order valence-corrected chi connectivity index (χ4v) is 0.823. The standard InChI is InChI=1S/C10H16O/c1-2-3-4-5-6-7-8-9-10-11/h2,11H,1,5-10H2. The van der Waals surface area contributed by atoms with Crippen molar-refractivity contribution in [3.63, 3.8) is 0 Å². The van der Waals surface area contributed by atoms with E-state index in [4.69, 9.17) is 5.11 Å². The molecule has 0 aromatic heterocycles. The van der Waals surface area contributed by atoms with Gasteiger partial charge in [0.25, 0.3) is 0 Å². The summed E-state index contributed by atoms with van der Waals surface area (Å²) < 4.78 is 0. The Kier molecular flexibility index (Phi) is 8.64. The molecule has 0 unspecified atom stereocenters. The molecular weight excluding hydrogens is 136 g/mol. The van der Waals surface area contributed by atoms with Crippen LogP contribution in [0.2, 0.25) is 0 Å². The van der Waals surface area contributed by atoms with Crippen molar-refractivity contribution in [3.8, 4) is 11.8 Å². The molecule has 11 heavy (non-hydrogen) atoms. The molecular formula is C10H16O. The zero-order valence-corrected chi connectivity index (χ0v) is 6.97. The molecule has 0 rings (SSSR count). The summed E-state index contributed by atoms with van der Waals surface area (Å²) in [6, 6.07) is 0. The second-order valence-corrected chi connectivity index (χ2v) is 2.41. The molecule has 0 aliphatic heterocycles. The normalized spacial score (nSPS) is 8.45. The maximum absolute atomic E-state index is 8.47. The van der Waals surface area contributed by atoms with Crippen molar-refractivity contribution in [1.82, 2.24) is 0 Å². The van der Waals surface area contributed by atoms with Crippen LogP contribution < -0.4 is 0 Å². The van der Waals surface area contributed by atoms with Gasteiger partial charge in [-0.05, 0) is 18.9 Å². The van der Waals surface area contributed by atoms with E-state index in [9.17, 15) is 0 Å². The Labute approximate surface area is 69.1 Å². The first kappa shape index (κ1) is 10.3. The van der Waals surface area contributed by atoms with Gasteiger partial charge in [0.15, 0.2) is 0 Å². The molecule has 62 valence electrons. The summed E-state index contributed by atoms with van der Waals surface area (Å²) in [6.07, 6.45) is 6.93. The van der Waals surface area contributed by atoms with Crippen LogP contribution in [0, 0.1) is 11.8 Å². The summed E-state index contributed by atoms with van der Waals surface area (Å²) >= 11 is 0. The molecule has 0 aliphatic rings. The Bertz CT molecular complexity index is 139. The number of hydrogen-bond acceptors (Lipinski definition) is 1. The van der Waals surface area contributed by atoms with Crippen LogP contribution in [0.25, 0.3) is 0 Å². The predicted molar refractivity (Wildman–Crippen MR) is 48.1 cm³/mol. The lowest BCUT2D eigenvalue weighted by atomic mass is 10.1. The molecule has 0 radical (unpaired) electrons. The molecule has 0 aromatic rings. The fraction of sp³-hybridized carbons (Fsp3) is 0.600. The molecule has 0 aromatic carbocycles. The molecule has 0 bridgehead atoms. The van der Waals surface area contributed by atoms with E-state index in [2.05, 4.69) is 18.4 Å². The van der Waals surface area contributed by atoms with Gasteiger partial charge < -0.3 is 5.11 Å². The van der Waals surface area contributed by atoms with Crippen molar-refractivity contribution >= 4 is 0 Å². The molecule has 0 spiro atoms. The van der Waals surface area contributed by atoms with E-state index in [1.54, 1.807) is 6.08 Å². The highest BCUT2D eigenvalue weighted by atomic mass is 16.2. The maximum Gasteiger partial charge on any atom is 0.0431 e. The molecule has 1 N–H and O–H groups in total. The van der Waals surface area contributed by atoms with Crippen molar-refractivity contribution in [1.29, 1.82) is 0 Å². The molecule has 0 saturated carbocycles. The molecule has 1 nitrogen and oxygen atoms in total. The van der Waals surface area contributed by atoms with Gasteiger partial charge in [-0.3, -0.25) is 0 Å². The van der Waals surface area contributed by atoms with Crippen LogP contribution in [0.15, 0.2) is 12.7 Å². The van der Waals surface area contributed by atoms with Crippen molar-refractivity contribution < 1.29 is 5.11 Å². The first-order valence-corrected chi connectivity index (χ1v) is 4.12. The van der Waals surface area contributed by atoms with Gasteiger partial charge in [-0.25, -0.2) is 0 Å². The Morgan fingerprint density at radius 3 is 2.55 bits per heavy atom. The third kappa shape index (κ3) is 9.26. The average molecular weight is 152 g/mol. The highest BCUT2D eigenvalue weighted by Gasteiger charge is 1.85. The minimum atomic E-state index is 0.318. The van der Waals surface area contributed by atoms with Crippen LogP contribution in [0.1, 0.15) is 32.1 Å². The van der Waals surface area contributed by atoms with E-state index in [-0.39, 0.29) is 0 Å². The van der Waals surface area contributed by atoms with Gasteiger partial charge in [0.05, 0.1) is 0 Å². The van der Waals surface area contributed by atoms with Crippen LogP contribution in [-0.2, 0) is 0 Å². The van der Waals surface area contributed by atoms with Crippen molar-refractivity contribution in [2.75, 3.05) is 6.61 Å². The van der Waals surface area contributed by atoms with Crippen LogP contribution in [0.5, 0.6) is 0 Å².